The first kappa shape index (κ1) is 23.9. The molecule has 0 spiro atoms. The van der Waals surface area contributed by atoms with Gasteiger partial charge in [-0.25, -0.2) is 0 Å². The summed E-state index contributed by atoms with van der Waals surface area (Å²) in [6.07, 6.45) is 19.8. The lowest BCUT2D eigenvalue weighted by molar-refractivity contribution is 0.0654. The molecular weight excluding hydrogens is 332 g/mol. The fraction of sp³-hybridized carbons (Fsp3) is 0.800. The average Bonchev–Trinajstić information content (AvgIpc) is 2.71. The standard InChI is InChI=1S/C25H44O2/c1-5-9-10-11-12-14-17-23(7-3)26-21-22(6-2)20-24(8-4)27-25-18-15-13-16-19-25/h7,22,25H,4-6,9-21H2,1-3H3/b23-7+. The smallest absolute Gasteiger partial charge is 0.138 e. The van der Waals surface area contributed by atoms with E-state index in [0.717, 1.165) is 37.4 Å². The van der Waals surface area contributed by atoms with Crippen LogP contribution in [0.15, 0.2) is 29.9 Å². The summed E-state index contributed by atoms with van der Waals surface area (Å²) in [4.78, 5) is 0. The van der Waals surface area contributed by atoms with Crippen molar-refractivity contribution in [2.45, 2.75) is 117 Å². The molecule has 0 saturated heterocycles. The van der Waals surface area contributed by atoms with Gasteiger partial charge >= 0.3 is 0 Å². The molecule has 0 amide bonds. The van der Waals surface area contributed by atoms with Crippen LogP contribution in [0.1, 0.15) is 111 Å². The van der Waals surface area contributed by atoms with Gasteiger partial charge in [0.25, 0.3) is 0 Å². The molecule has 2 nitrogen and oxygen atoms in total. The summed E-state index contributed by atoms with van der Waals surface area (Å²) in [5, 5.41) is 0. The lowest BCUT2D eigenvalue weighted by Crippen LogP contribution is -2.18. The summed E-state index contributed by atoms with van der Waals surface area (Å²) in [6, 6.07) is 0. The van der Waals surface area contributed by atoms with Gasteiger partial charge in [-0.05, 0) is 51.5 Å². The van der Waals surface area contributed by atoms with Gasteiger partial charge < -0.3 is 9.47 Å². The van der Waals surface area contributed by atoms with Crippen molar-refractivity contribution in [2.24, 2.45) is 5.92 Å². The van der Waals surface area contributed by atoms with Crippen LogP contribution in [0.4, 0.5) is 0 Å². The second-order valence-corrected chi connectivity index (χ2v) is 8.04. The zero-order chi connectivity index (χ0) is 19.7. The van der Waals surface area contributed by atoms with Gasteiger partial charge in [-0.15, -0.1) is 0 Å². The third-order valence-electron chi connectivity index (χ3n) is 5.71. The van der Waals surface area contributed by atoms with Gasteiger partial charge in [0.15, 0.2) is 0 Å². The molecule has 1 unspecified atom stereocenters. The zero-order valence-corrected chi connectivity index (χ0v) is 18.4. The molecule has 0 radical (unpaired) electrons. The van der Waals surface area contributed by atoms with Gasteiger partial charge in [-0.2, -0.15) is 0 Å². The van der Waals surface area contributed by atoms with E-state index in [1.807, 2.05) is 0 Å². The summed E-state index contributed by atoms with van der Waals surface area (Å²) in [5.41, 5.74) is 3.05. The fourth-order valence-electron chi connectivity index (χ4n) is 3.73. The molecule has 0 N–H and O–H groups in total. The number of rotatable bonds is 15. The van der Waals surface area contributed by atoms with Gasteiger partial charge in [0.1, 0.15) is 5.76 Å². The van der Waals surface area contributed by atoms with Gasteiger partial charge in [0, 0.05) is 18.8 Å². The highest BCUT2D eigenvalue weighted by molar-refractivity contribution is 4.94. The molecule has 2 heteroatoms. The van der Waals surface area contributed by atoms with Crippen LogP contribution < -0.4 is 0 Å². The Balaban J connectivity index is 2.30. The van der Waals surface area contributed by atoms with Crippen molar-refractivity contribution in [2.75, 3.05) is 6.61 Å². The predicted octanol–water partition coefficient (Wildman–Crippen LogP) is 8.09. The van der Waals surface area contributed by atoms with E-state index < -0.39 is 0 Å². The van der Waals surface area contributed by atoms with Crippen molar-refractivity contribution in [3.63, 3.8) is 0 Å². The maximum absolute atomic E-state index is 6.19. The van der Waals surface area contributed by atoms with E-state index in [9.17, 15) is 0 Å². The Kier molecular flexibility index (Phi) is 14.0. The second-order valence-electron chi connectivity index (χ2n) is 8.04. The number of hydrogen-bond acceptors (Lipinski definition) is 2. The second kappa shape index (κ2) is 15.9. The maximum Gasteiger partial charge on any atom is 0.138 e. The molecule has 0 bridgehead atoms. The summed E-state index contributed by atoms with van der Waals surface area (Å²) >= 11 is 0. The zero-order valence-electron chi connectivity index (χ0n) is 18.4. The first-order valence-electron chi connectivity index (χ1n) is 11.6. The molecule has 1 aliphatic rings. The fourth-order valence-corrected chi connectivity index (χ4v) is 3.73. The monoisotopic (exact) mass is 376 g/mol. The van der Waals surface area contributed by atoms with Crippen LogP contribution in [-0.2, 0) is 9.47 Å². The molecule has 156 valence electrons. The Morgan fingerprint density at radius 2 is 1.78 bits per heavy atom. The molecule has 0 aromatic heterocycles. The lowest BCUT2D eigenvalue weighted by Gasteiger charge is -2.25. The van der Waals surface area contributed by atoms with E-state index in [2.05, 4.69) is 39.2 Å². The van der Waals surface area contributed by atoms with Crippen molar-refractivity contribution in [1.29, 1.82) is 0 Å². The molecule has 1 aliphatic carbocycles. The van der Waals surface area contributed by atoms with Crippen LogP contribution in [0.5, 0.6) is 0 Å². The largest absolute Gasteiger partial charge is 0.498 e. The molecule has 1 saturated carbocycles. The molecule has 0 aromatic rings. The average molecular weight is 377 g/mol. The van der Waals surface area contributed by atoms with Crippen molar-refractivity contribution < 1.29 is 9.47 Å². The maximum atomic E-state index is 6.19. The normalized spacial score (nSPS) is 16.6. The molecule has 27 heavy (non-hydrogen) atoms. The Hall–Kier alpha value is -1.14. The van der Waals surface area contributed by atoms with Crippen molar-refractivity contribution in [1.82, 2.24) is 0 Å². The SMILES string of the molecule is C=C=C(CC(CC)CO/C(=C/C)CCCCCCCC)OC1CCCCC1. The van der Waals surface area contributed by atoms with Gasteiger partial charge in [-0.3, -0.25) is 0 Å². The minimum absolute atomic E-state index is 0.375. The lowest BCUT2D eigenvalue weighted by atomic mass is 9.97. The third kappa shape index (κ3) is 11.3. The number of unbranched alkanes of at least 4 members (excludes halogenated alkanes) is 5. The minimum Gasteiger partial charge on any atom is -0.498 e. The van der Waals surface area contributed by atoms with E-state index in [1.54, 1.807) is 0 Å². The highest BCUT2D eigenvalue weighted by atomic mass is 16.5. The summed E-state index contributed by atoms with van der Waals surface area (Å²) < 4.78 is 12.3. The van der Waals surface area contributed by atoms with E-state index in [1.165, 1.54) is 70.6 Å². The van der Waals surface area contributed by atoms with Crippen LogP contribution >= 0.6 is 0 Å². The van der Waals surface area contributed by atoms with E-state index in [0.29, 0.717) is 12.0 Å². The first-order chi connectivity index (χ1) is 13.2. The van der Waals surface area contributed by atoms with Gasteiger partial charge in [-0.1, -0.05) is 64.7 Å². The van der Waals surface area contributed by atoms with Crippen LogP contribution in [-0.4, -0.2) is 12.7 Å². The molecule has 0 aliphatic heterocycles. The van der Waals surface area contributed by atoms with Gasteiger partial charge in [0.2, 0.25) is 0 Å². The molecule has 0 heterocycles. The summed E-state index contributed by atoms with van der Waals surface area (Å²) in [5.74, 6) is 2.56. The van der Waals surface area contributed by atoms with Crippen molar-refractivity contribution in [3.8, 4) is 0 Å². The molecule has 1 fully saturated rings. The van der Waals surface area contributed by atoms with Crippen LogP contribution in [0, 0.1) is 5.92 Å². The Bertz CT molecular complexity index is 439. The molecular formula is C25H44O2. The Morgan fingerprint density at radius 1 is 1.07 bits per heavy atom. The molecule has 1 rings (SSSR count). The number of allylic oxidation sites excluding steroid dienone is 3. The Morgan fingerprint density at radius 3 is 2.41 bits per heavy atom. The Labute approximate surface area is 169 Å². The molecule has 1 atom stereocenters. The summed E-state index contributed by atoms with van der Waals surface area (Å²) in [7, 11) is 0. The highest BCUT2D eigenvalue weighted by Crippen LogP contribution is 2.26. The first-order valence-corrected chi connectivity index (χ1v) is 11.6. The van der Waals surface area contributed by atoms with Crippen molar-refractivity contribution >= 4 is 0 Å². The summed E-state index contributed by atoms with van der Waals surface area (Å²) in [6.45, 7) is 11.2. The predicted molar refractivity (Wildman–Crippen MR) is 117 cm³/mol. The van der Waals surface area contributed by atoms with E-state index in [-0.39, 0.29) is 0 Å². The van der Waals surface area contributed by atoms with Crippen LogP contribution in [0.3, 0.4) is 0 Å². The van der Waals surface area contributed by atoms with Crippen LogP contribution in [0.2, 0.25) is 0 Å². The van der Waals surface area contributed by atoms with Crippen LogP contribution in [0.25, 0.3) is 0 Å². The van der Waals surface area contributed by atoms with Crippen molar-refractivity contribution in [3.05, 3.63) is 29.9 Å². The highest BCUT2D eigenvalue weighted by Gasteiger charge is 2.18. The third-order valence-corrected chi connectivity index (χ3v) is 5.71. The topological polar surface area (TPSA) is 18.5 Å². The molecule has 0 aromatic carbocycles. The van der Waals surface area contributed by atoms with E-state index in [4.69, 9.17) is 9.47 Å². The minimum atomic E-state index is 0.375. The number of ether oxygens (including phenoxy) is 2. The van der Waals surface area contributed by atoms with E-state index >= 15 is 0 Å². The van der Waals surface area contributed by atoms with Gasteiger partial charge in [0.05, 0.1) is 18.5 Å². The quantitative estimate of drug-likeness (QED) is 0.163. The number of hydrogen-bond donors (Lipinski definition) is 0.